The van der Waals surface area contributed by atoms with Gasteiger partial charge in [0.25, 0.3) is 5.56 Å². The van der Waals surface area contributed by atoms with E-state index in [1.54, 1.807) is 23.4 Å². The van der Waals surface area contributed by atoms with Gasteiger partial charge in [0, 0.05) is 49.6 Å². The van der Waals surface area contributed by atoms with Crippen LogP contribution in [0.2, 0.25) is 0 Å². The molecule has 0 spiro atoms. The minimum atomic E-state index is -0.115. The summed E-state index contributed by atoms with van der Waals surface area (Å²) in [7, 11) is 1.68. The number of hydrogen-bond donors (Lipinski definition) is 0. The molecule has 8 heteroatoms. The molecule has 0 aliphatic carbocycles. The predicted molar refractivity (Wildman–Crippen MR) is 119 cm³/mol. The number of para-hydroxylation sites is 2. The molecule has 0 radical (unpaired) electrons. The number of benzene rings is 1. The SMILES string of the molecule is CCc1c(C)nc2n(c1=O)C(CC(=O)N1CCN(c3ccccc3OC)CC1)CS2. The lowest BCUT2D eigenvalue weighted by molar-refractivity contribution is -0.132. The first-order chi connectivity index (χ1) is 14.5. The number of amides is 1. The molecule has 1 saturated heterocycles. The second kappa shape index (κ2) is 8.71. The molecule has 0 saturated carbocycles. The van der Waals surface area contributed by atoms with E-state index in [4.69, 9.17) is 4.74 Å². The average molecular weight is 429 g/mol. The number of piperazine rings is 1. The van der Waals surface area contributed by atoms with Crippen molar-refractivity contribution in [2.75, 3.05) is 43.9 Å². The fraction of sp³-hybridized carbons (Fsp3) is 0.500. The zero-order chi connectivity index (χ0) is 21.3. The summed E-state index contributed by atoms with van der Waals surface area (Å²) in [5.74, 6) is 1.69. The van der Waals surface area contributed by atoms with Crippen LogP contribution in [0, 0.1) is 6.92 Å². The van der Waals surface area contributed by atoms with E-state index in [1.807, 2.05) is 36.9 Å². The lowest BCUT2D eigenvalue weighted by atomic mass is 10.1. The highest BCUT2D eigenvalue weighted by molar-refractivity contribution is 7.99. The van der Waals surface area contributed by atoms with Gasteiger partial charge in [-0.2, -0.15) is 0 Å². The monoisotopic (exact) mass is 428 g/mol. The molecule has 1 amide bonds. The second-order valence-electron chi connectivity index (χ2n) is 7.70. The number of thioether (sulfide) groups is 1. The summed E-state index contributed by atoms with van der Waals surface area (Å²) in [5, 5.41) is 0.744. The Kier molecular flexibility index (Phi) is 6.04. The van der Waals surface area contributed by atoms with Crippen LogP contribution in [0.3, 0.4) is 0 Å². The minimum absolute atomic E-state index is 0.0174. The Labute approximate surface area is 181 Å². The van der Waals surface area contributed by atoms with Crippen molar-refractivity contribution in [3.63, 3.8) is 0 Å². The molecule has 3 heterocycles. The number of hydrogen-bond acceptors (Lipinski definition) is 6. The maximum Gasteiger partial charge on any atom is 0.257 e. The van der Waals surface area contributed by atoms with Crippen LogP contribution in [0.4, 0.5) is 5.69 Å². The van der Waals surface area contributed by atoms with E-state index in [1.165, 1.54) is 0 Å². The molecule has 0 N–H and O–H groups in total. The molecule has 160 valence electrons. The van der Waals surface area contributed by atoms with Gasteiger partial charge in [-0.15, -0.1) is 0 Å². The van der Waals surface area contributed by atoms with E-state index in [0.717, 1.165) is 46.7 Å². The van der Waals surface area contributed by atoms with Crippen LogP contribution >= 0.6 is 11.8 Å². The van der Waals surface area contributed by atoms with Crippen LogP contribution < -0.4 is 15.2 Å². The molecule has 4 rings (SSSR count). The van der Waals surface area contributed by atoms with Gasteiger partial charge in [-0.3, -0.25) is 14.2 Å². The van der Waals surface area contributed by atoms with Crippen molar-refractivity contribution in [2.45, 2.75) is 37.9 Å². The van der Waals surface area contributed by atoms with Crippen molar-refractivity contribution in [3.8, 4) is 5.75 Å². The Balaban J connectivity index is 1.42. The molecule has 1 atom stereocenters. The van der Waals surface area contributed by atoms with E-state index >= 15 is 0 Å². The molecule has 1 aromatic heterocycles. The quantitative estimate of drug-likeness (QED) is 0.682. The number of aromatic nitrogens is 2. The Bertz CT molecular complexity index is 998. The van der Waals surface area contributed by atoms with Gasteiger partial charge in [0.2, 0.25) is 5.91 Å². The topological polar surface area (TPSA) is 67.7 Å². The highest BCUT2D eigenvalue weighted by Crippen LogP contribution is 2.33. The second-order valence-corrected chi connectivity index (χ2v) is 8.68. The number of carbonyl (C=O) groups excluding carboxylic acids is 1. The highest BCUT2D eigenvalue weighted by Gasteiger charge is 2.31. The lowest BCUT2D eigenvalue weighted by Crippen LogP contribution is -2.49. The van der Waals surface area contributed by atoms with E-state index in [-0.39, 0.29) is 17.5 Å². The zero-order valence-corrected chi connectivity index (χ0v) is 18.6. The van der Waals surface area contributed by atoms with Crippen LogP contribution in [-0.2, 0) is 11.2 Å². The molecule has 0 bridgehead atoms. The summed E-state index contributed by atoms with van der Waals surface area (Å²) >= 11 is 1.57. The van der Waals surface area contributed by atoms with Gasteiger partial charge >= 0.3 is 0 Å². The maximum atomic E-state index is 13.0. The molecule has 30 heavy (non-hydrogen) atoms. The molecule has 2 aromatic rings. The average Bonchev–Trinajstić information content (AvgIpc) is 3.16. The zero-order valence-electron chi connectivity index (χ0n) is 17.8. The number of methoxy groups -OCH3 is 1. The third kappa shape index (κ3) is 3.80. The molecule has 7 nitrogen and oxygen atoms in total. The summed E-state index contributed by atoms with van der Waals surface area (Å²) < 4.78 is 7.22. The first-order valence-electron chi connectivity index (χ1n) is 10.4. The number of aryl methyl sites for hydroxylation is 1. The Hall–Kier alpha value is -2.48. The van der Waals surface area contributed by atoms with Crippen molar-refractivity contribution in [1.82, 2.24) is 14.5 Å². The van der Waals surface area contributed by atoms with Gasteiger partial charge in [-0.05, 0) is 25.5 Å². The first-order valence-corrected chi connectivity index (χ1v) is 11.4. The third-order valence-electron chi connectivity index (χ3n) is 5.98. The molecule has 2 aliphatic rings. The third-order valence-corrected chi connectivity index (χ3v) is 7.07. The smallest absolute Gasteiger partial charge is 0.257 e. The normalized spacial score (nSPS) is 18.4. The van der Waals surface area contributed by atoms with E-state index < -0.39 is 0 Å². The van der Waals surface area contributed by atoms with Crippen molar-refractivity contribution < 1.29 is 9.53 Å². The fourth-order valence-electron chi connectivity index (χ4n) is 4.30. The van der Waals surface area contributed by atoms with Crippen LogP contribution in [0.1, 0.15) is 30.6 Å². The van der Waals surface area contributed by atoms with Gasteiger partial charge in [0.1, 0.15) is 5.75 Å². The summed E-state index contributed by atoms with van der Waals surface area (Å²) in [5.41, 5.74) is 2.64. The van der Waals surface area contributed by atoms with E-state index in [2.05, 4.69) is 16.0 Å². The highest BCUT2D eigenvalue weighted by atomic mass is 32.2. The van der Waals surface area contributed by atoms with Crippen molar-refractivity contribution >= 4 is 23.4 Å². The lowest BCUT2D eigenvalue weighted by Gasteiger charge is -2.37. The van der Waals surface area contributed by atoms with Crippen LogP contribution in [0.15, 0.2) is 34.2 Å². The fourth-order valence-corrected chi connectivity index (χ4v) is 5.48. The summed E-state index contributed by atoms with van der Waals surface area (Å²) in [6, 6.07) is 7.86. The van der Waals surface area contributed by atoms with Crippen LogP contribution in [0.25, 0.3) is 0 Å². The number of ether oxygens (including phenoxy) is 1. The predicted octanol–water partition coefficient (Wildman–Crippen LogP) is 2.51. The number of nitrogens with zero attached hydrogens (tertiary/aromatic N) is 4. The Morgan fingerprint density at radius 2 is 1.97 bits per heavy atom. The van der Waals surface area contributed by atoms with Gasteiger partial charge in [-0.1, -0.05) is 30.8 Å². The summed E-state index contributed by atoms with van der Waals surface area (Å²) in [6.07, 6.45) is 1.01. The molecule has 1 fully saturated rings. The number of fused-ring (bicyclic) bond motifs is 1. The largest absolute Gasteiger partial charge is 0.495 e. The standard InChI is InChI=1S/C22H28N4O3S/c1-4-17-15(2)23-22-26(21(17)28)16(14-30-22)13-20(27)25-11-9-24(10-12-25)18-7-5-6-8-19(18)29-3/h5-8,16H,4,9-14H2,1-3H3. The number of carbonyl (C=O) groups is 1. The van der Waals surface area contributed by atoms with Crippen molar-refractivity contribution in [3.05, 3.63) is 45.9 Å². The molecule has 1 aromatic carbocycles. The van der Waals surface area contributed by atoms with Gasteiger partial charge < -0.3 is 14.5 Å². The van der Waals surface area contributed by atoms with Crippen LogP contribution in [0.5, 0.6) is 5.75 Å². The molecular formula is C22H28N4O3S. The molecule has 2 aliphatic heterocycles. The molecular weight excluding hydrogens is 400 g/mol. The Morgan fingerprint density at radius 3 is 2.67 bits per heavy atom. The van der Waals surface area contributed by atoms with Gasteiger partial charge in [0.15, 0.2) is 5.16 Å². The molecule has 1 unspecified atom stereocenters. The summed E-state index contributed by atoms with van der Waals surface area (Å²) in [4.78, 5) is 34.7. The van der Waals surface area contributed by atoms with Gasteiger partial charge in [0.05, 0.1) is 18.8 Å². The first kappa shape index (κ1) is 20.8. The Morgan fingerprint density at radius 1 is 1.23 bits per heavy atom. The van der Waals surface area contributed by atoms with E-state index in [9.17, 15) is 9.59 Å². The van der Waals surface area contributed by atoms with Crippen molar-refractivity contribution in [2.24, 2.45) is 0 Å². The number of rotatable bonds is 5. The number of anilines is 1. The van der Waals surface area contributed by atoms with Gasteiger partial charge in [-0.25, -0.2) is 4.98 Å². The minimum Gasteiger partial charge on any atom is -0.495 e. The van der Waals surface area contributed by atoms with Crippen LogP contribution in [-0.4, -0.2) is 59.4 Å². The summed E-state index contributed by atoms with van der Waals surface area (Å²) in [6.45, 7) is 6.74. The maximum absolute atomic E-state index is 13.0. The van der Waals surface area contributed by atoms with Crippen molar-refractivity contribution in [1.29, 1.82) is 0 Å². The van der Waals surface area contributed by atoms with E-state index in [0.29, 0.717) is 25.9 Å².